The van der Waals surface area contributed by atoms with Gasteiger partial charge in [0, 0.05) is 12.2 Å². The van der Waals surface area contributed by atoms with Gasteiger partial charge in [-0.15, -0.1) is 0 Å². The number of anilines is 1. The molecule has 0 aromatic heterocycles. The van der Waals surface area contributed by atoms with Gasteiger partial charge in [-0.25, -0.2) is 0 Å². The minimum absolute atomic E-state index is 0.114. The second-order valence-electron chi connectivity index (χ2n) is 4.04. The summed E-state index contributed by atoms with van der Waals surface area (Å²) in [6.45, 7) is 0.900. The smallest absolute Gasteiger partial charge is 0.159 e. The van der Waals surface area contributed by atoms with Crippen molar-refractivity contribution in [1.29, 1.82) is 0 Å². The molecule has 0 aliphatic rings. The second-order valence-corrected chi connectivity index (χ2v) is 5.93. The fourth-order valence-electron chi connectivity index (χ4n) is 1.62. The van der Waals surface area contributed by atoms with E-state index in [2.05, 4.69) is 5.32 Å². The van der Waals surface area contributed by atoms with Crippen molar-refractivity contribution >= 4 is 63.7 Å². The van der Waals surface area contributed by atoms with Crippen molar-refractivity contribution < 1.29 is 4.74 Å². The molecule has 0 radical (unpaired) electrons. The molecule has 2 nitrogen and oxygen atoms in total. The van der Waals surface area contributed by atoms with Crippen molar-refractivity contribution in [2.75, 3.05) is 18.5 Å². The molecule has 7 heteroatoms. The van der Waals surface area contributed by atoms with Crippen LogP contribution in [0.2, 0.25) is 25.1 Å². The van der Waals surface area contributed by atoms with E-state index >= 15 is 0 Å². The molecule has 0 heterocycles. The summed E-state index contributed by atoms with van der Waals surface area (Å²) >= 11 is 30.0. The summed E-state index contributed by atoms with van der Waals surface area (Å²) in [5.41, 5.74) is 0.991. The van der Waals surface area contributed by atoms with E-state index < -0.39 is 0 Å². The number of hydrogen-bond donors (Lipinski definition) is 1. The number of nitrogens with one attached hydrogen (secondary N) is 1. The van der Waals surface area contributed by atoms with Gasteiger partial charge < -0.3 is 10.1 Å². The summed E-state index contributed by atoms with van der Waals surface area (Å²) in [5, 5.41) is 3.85. The van der Waals surface area contributed by atoms with Crippen molar-refractivity contribution in [3.63, 3.8) is 0 Å². The molecular formula is C14H10Cl5NO. The molecule has 0 saturated carbocycles. The van der Waals surface area contributed by atoms with Gasteiger partial charge in [-0.2, -0.15) is 0 Å². The quantitative estimate of drug-likeness (QED) is 0.363. The lowest BCUT2D eigenvalue weighted by Crippen LogP contribution is -2.12. The molecule has 21 heavy (non-hydrogen) atoms. The van der Waals surface area contributed by atoms with E-state index in [0.29, 0.717) is 13.2 Å². The third-order valence-corrected chi connectivity index (χ3v) is 4.86. The van der Waals surface area contributed by atoms with Gasteiger partial charge in [0.2, 0.25) is 0 Å². The van der Waals surface area contributed by atoms with E-state index in [1.54, 1.807) is 0 Å². The van der Waals surface area contributed by atoms with Gasteiger partial charge in [0.05, 0.1) is 15.1 Å². The van der Waals surface area contributed by atoms with Crippen molar-refractivity contribution in [2.24, 2.45) is 0 Å². The molecule has 0 atom stereocenters. The summed E-state index contributed by atoms with van der Waals surface area (Å²) in [6, 6.07) is 9.73. The zero-order valence-corrected chi connectivity index (χ0v) is 14.4. The molecule has 0 fully saturated rings. The predicted octanol–water partition coefficient (Wildman–Crippen LogP) is 6.44. The molecule has 0 saturated heterocycles. The topological polar surface area (TPSA) is 21.3 Å². The highest BCUT2D eigenvalue weighted by Crippen LogP contribution is 2.48. The van der Waals surface area contributed by atoms with Gasteiger partial charge in [-0.05, 0) is 12.1 Å². The van der Waals surface area contributed by atoms with E-state index in [4.69, 9.17) is 62.7 Å². The molecule has 0 aliphatic carbocycles. The molecule has 0 unspecified atom stereocenters. The summed E-state index contributed by atoms with van der Waals surface area (Å²) < 4.78 is 5.55. The van der Waals surface area contributed by atoms with Crippen LogP contribution in [0, 0.1) is 0 Å². The van der Waals surface area contributed by atoms with Gasteiger partial charge in [0.15, 0.2) is 5.75 Å². The van der Waals surface area contributed by atoms with Crippen LogP contribution in [-0.2, 0) is 0 Å². The monoisotopic (exact) mass is 383 g/mol. The molecule has 1 N–H and O–H groups in total. The van der Waals surface area contributed by atoms with Gasteiger partial charge in [-0.3, -0.25) is 0 Å². The van der Waals surface area contributed by atoms with Crippen LogP contribution in [0.1, 0.15) is 0 Å². The Morgan fingerprint density at radius 3 is 1.86 bits per heavy atom. The lowest BCUT2D eigenvalue weighted by atomic mass is 10.3. The van der Waals surface area contributed by atoms with Gasteiger partial charge in [0.25, 0.3) is 0 Å². The summed E-state index contributed by atoms with van der Waals surface area (Å²) in [7, 11) is 0. The minimum atomic E-state index is 0.114. The minimum Gasteiger partial charge on any atom is -0.489 e. The SMILES string of the molecule is Clc1c(Cl)c(Cl)c(OCCNc2ccccc2)c(Cl)c1Cl. The van der Waals surface area contributed by atoms with Crippen LogP contribution in [0.5, 0.6) is 5.75 Å². The average molecular weight is 386 g/mol. The summed E-state index contributed by atoms with van der Waals surface area (Å²) in [5.74, 6) is 0.229. The van der Waals surface area contributed by atoms with E-state index in [9.17, 15) is 0 Å². The Bertz CT molecular complexity index is 604. The predicted molar refractivity (Wildman–Crippen MR) is 91.9 cm³/mol. The second kappa shape index (κ2) is 7.66. The van der Waals surface area contributed by atoms with Gasteiger partial charge in [-0.1, -0.05) is 76.2 Å². The maximum Gasteiger partial charge on any atom is 0.159 e. The lowest BCUT2D eigenvalue weighted by Gasteiger charge is -2.14. The number of halogens is 5. The van der Waals surface area contributed by atoms with Crippen molar-refractivity contribution in [3.05, 3.63) is 55.4 Å². The first-order chi connectivity index (χ1) is 10.0. The zero-order valence-electron chi connectivity index (χ0n) is 10.6. The van der Waals surface area contributed by atoms with E-state index in [0.717, 1.165) is 5.69 Å². The normalized spacial score (nSPS) is 10.5. The van der Waals surface area contributed by atoms with Crippen molar-refractivity contribution in [2.45, 2.75) is 0 Å². The first kappa shape index (κ1) is 16.9. The molecule has 0 amide bonds. The van der Waals surface area contributed by atoms with Gasteiger partial charge in [0.1, 0.15) is 16.7 Å². The first-order valence-corrected chi connectivity index (χ1v) is 7.84. The fourth-order valence-corrected chi connectivity index (χ4v) is 2.85. The Hall–Kier alpha value is -0.510. The molecule has 0 bridgehead atoms. The average Bonchev–Trinajstić information content (AvgIpc) is 2.51. The van der Waals surface area contributed by atoms with E-state index in [1.165, 1.54) is 0 Å². The summed E-state index contributed by atoms with van der Waals surface area (Å²) in [4.78, 5) is 0. The number of ether oxygens (including phenoxy) is 1. The summed E-state index contributed by atoms with van der Waals surface area (Å²) in [6.07, 6.45) is 0. The first-order valence-electron chi connectivity index (χ1n) is 5.95. The number of rotatable bonds is 5. The Balaban J connectivity index is 2.01. The molecule has 2 aromatic carbocycles. The molecule has 0 spiro atoms. The number of benzene rings is 2. The molecule has 0 aliphatic heterocycles. The van der Waals surface area contributed by atoms with E-state index in [-0.39, 0.29) is 30.9 Å². The number of hydrogen-bond acceptors (Lipinski definition) is 2. The Kier molecular flexibility index (Phi) is 6.15. The third kappa shape index (κ3) is 4.02. The zero-order chi connectivity index (χ0) is 15.4. The van der Waals surface area contributed by atoms with Crippen LogP contribution >= 0.6 is 58.0 Å². The fraction of sp³-hybridized carbons (Fsp3) is 0.143. The van der Waals surface area contributed by atoms with Crippen LogP contribution in [0.3, 0.4) is 0 Å². The highest BCUT2D eigenvalue weighted by Gasteiger charge is 2.20. The molecular weight excluding hydrogens is 375 g/mol. The van der Waals surface area contributed by atoms with Crippen LogP contribution in [-0.4, -0.2) is 13.2 Å². The molecule has 2 aromatic rings. The maximum atomic E-state index is 6.07. The highest BCUT2D eigenvalue weighted by atomic mass is 35.5. The lowest BCUT2D eigenvalue weighted by molar-refractivity contribution is 0.333. The van der Waals surface area contributed by atoms with Crippen LogP contribution in [0.15, 0.2) is 30.3 Å². The highest BCUT2D eigenvalue weighted by molar-refractivity contribution is 6.55. The Morgan fingerprint density at radius 2 is 1.29 bits per heavy atom. The Labute approximate surface area is 147 Å². The van der Waals surface area contributed by atoms with Gasteiger partial charge >= 0.3 is 0 Å². The molecule has 112 valence electrons. The van der Waals surface area contributed by atoms with Crippen molar-refractivity contribution in [3.8, 4) is 5.75 Å². The standard InChI is InChI=1S/C14H10Cl5NO/c15-9-10(16)12(18)14(13(19)11(9)17)21-7-6-20-8-4-2-1-3-5-8/h1-5,20H,6-7H2. The van der Waals surface area contributed by atoms with Crippen molar-refractivity contribution in [1.82, 2.24) is 0 Å². The van der Waals surface area contributed by atoms with Crippen LogP contribution in [0.4, 0.5) is 5.69 Å². The molecule has 2 rings (SSSR count). The van der Waals surface area contributed by atoms with E-state index in [1.807, 2.05) is 30.3 Å². The van der Waals surface area contributed by atoms with Crippen LogP contribution < -0.4 is 10.1 Å². The van der Waals surface area contributed by atoms with Crippen LogP contribution in [0.25, 0.3) is 0 Å². The third-order valence-electron chi connectivity index (χ3n) is 2.62. The largest absolute Gasteiger partial charge is 0.489 e. The number of para-hydroxylation sites is 1. The maximum absolute atomic E-state index is 6.07. The Morgan fingerprint density at radius 1 is 0.762 bits per heavy atom.